The zero-order valence-electron chi connectivity index (χ0n) is 15.4. The third-order valence-corrected chi connectivity index (χ3v) is 4.27. The van der Waals surface area contributed by atoms with Crippen LogP contribution in [-0.4, -0.2) is 42.6 Å². The molecular formula is C21H24N2O4. The smallest absolute Gasteiger partial charge is 0.324 e. The van der Waals surface area contributed by atoms with E-state index in [0.717, 1.165) is 17.7 Å². The van der Waals surface area contributed by atoms with E-state index in [-0.39, 0.29) is 25.1 Å². The molecule has 1 atom stereocenters. The van der Waals surface area contributed by atoms with Gasteiger partial charge in [0.25, 0.3) is 5.91 Å². The summed E-state index contributed by atoms with van der Waals surface area (Å²) in [6.07, 6.45) is 1.44. The highest BCUT2D eigenvalue weighted by molar-refractivity contribution is 6.04. The van der Waals surface area contributed by atoms with Crippen LogP contribution in [0, 0.1) is 0 Å². The first-order valence-electron chi connectivity index (χ1n) is 9.19. The van der Waals surface area contributed by atoms with Gasteiger partial charge in [0.15, 0.2) is 0 Å². The number of rotatable bonds is 9. The van der Waals surface area contributed by atoms with E-state index in [2.05, 4.69) is 12.2 Å². The van der Waals surface area contributed by atoms with Crippen molar-refractivity contribution in [2.75, 3.05) is 19.8 Å². The van der Waals surface area contributed by atoms with Gasteiger partial charge in [-0.15, -0.1) is 0 Å². The fraction of sp³-hybridized carbons (Fsp3) is 0.333. The number of ether oxygens (including phenoxy) is 2. The Kier molecular flexibility index (Phi) is 6.30. The monoisotopic (exact) mass is 368 g/mol. The van der Waals surface area contributed by atoms with E-state index in [1.807, 2.05) is 54.6 Å². The van der Waals surface area contributed by atoms with E-state index in [1.165, 1.54) is 4.90 Å². The molecule has 1 heterocycles. The van der Waals surface area contributed by atoms with Crippen LogP contribution in [0.5, 0.6) is 11.5 Å². The molecule has 1 fully saturated rings. The number of carbonyl (C=O) groups excluding carboxylic acids is 2. The van der Waals surface area contributed by atoms with Crippen molar-refractivity contribution in [1.29, 1.82) is 0 Å². The largest absolute Gasteiger partial charge is 0.494 e. The molecule has 2 aromatic carbocycles. The van der Waals surface area contributed by atoms with Crippen molar-refractivity contribution in [3.8, 4) is 11.5 Å². The molecule has 0 aromatic heterocycles. The Bertz CT molecular complexity index is 762. The SMILES string of the molecule is CCCOc1ccc(OCCN2C(=O)NC(Cc3ccccc3)C2=O)cc1. The van der Waals surface area contributed by atoms with Gasteiger partial charge in [0.1, 0.15) is 24.1 Å². The van der Waals surface area contributed by atoms with Gasteiger partial charge >= 0.3 is 6.03 Å². The minimum Gasteiger partial charge on any atom is -0.494 e. The van der Waals surface area contributed by atoms with Crippen LogP contribution in [-0.2, 0) is 11.2 Å². The quantitative estimate of drug-likeness (QED) is 0.691. The predicted octanol–water partition coefficient (Wildman–Crippen LogP) is 3.02. The van der Waals surface area contributed by atoms with E-state index in [1.54, 1.807) is 0 Å². The summed E-state index contributed by atoms with van der Waals surface area (Å²) < 4.78 is 11.2. The minimum atomic E-state index is -0.519. The van der Waals surface area contributed by atoms with Gasteiger partial charge in [-0.2, -0.15) is 0 Å². The van der Waals surface area contributed by atoms with Crippen molar-refractivity contribution < 1.29 is 19.1 Å². The molecule has 1 N–H and O–H groups in total. The van der Waals surface area contributed by atoms with Gasteiger partial charge in [-0.3, -0.25) is 9.69 Å². The number of benzene rings is 2. The number of amides is 3. The molecule has 1 aliphatic heterocycles. The van der Waals surface area contributed by atoms with E-state index in [9.17, 15) is 9.59 Å². The zero-order valence-corrected chi connectivity index (χ0v) is 15.4. The molecule has 6 nitrogen and oxygen atoms in total. The Balaban J connectivity index is 1.47. The van der Waals surface area contributed by atoms with Crippen LogP contribution in [0.1, 0.15) is 18.9 Å². The van der Waals surface area contributed by atoms with Crippen LogP contribution < -0.4 is 14.8 Å². The van der Waals surface area contributed by atoms with Crippen LogP contribution in [0.4, 0.5) is 4.79 Å². The second-order valence-corrected chi connectivity index (χ2v) is 6.35. The number of hydrogen-bond donors (Lipinski definition) is 1. The lowest BCUT2D eigenvalue weighted by Crippen LogP contribution is -2.35. The highest BCUT2D eigenvalue weighted by Crippen LogP contribution is 2.18. The molecule has 2 aromatic rings. The highest BCUT2D eigenvalue weighted by Gasteiger charge is 2.37. The number of carbonyl (C=O) groups is 2. The van der Waals surface area contributed by atoms with Crippen molar-refractivity contribution in [3.05, 3.63) is 60.2 Å². The zero-order chi connectivity index (χ0) is 19.1. The minimum absolute atomic E-state index is 0.212. The van der Waals surface area contributed by atoms with Crippen LogP contribution in [0.2, 0.25) is 0 Å². The molecule has 1 unspecified atom stereocenters. The Morgan fingerprint density at radius 1 is 0.926 bits per heavy atom. The average molecular weight is 368 g/mol. The third-order valence-electron chi connectivity index (χ3n) is 4.27. The van der Waals surface area contributed by atoms with Crippen molar-refractivity contribution in [3.63, 3.8) is 0 Å². The van der Waals surface area contributed by atoms with Crippen LogP contribution in [0.15, 0.2) is 54.6 Å². The van der Waals surface area contributed by atoms with Crippen molar-refractivity contribution in [2.24, 2.45) is 0 Å². The summed E-state index contributed by atoms with van der Waals surface area (Å²) in [5, 5.41) is 2.74. The molecule has 0 bridgehead atoms. The summed E-state index contributed by atoms with van der Waals surface area (Å²) in [4.78, 5) is 25.8. The maximum atomic E-state index is 12.5. The molecule has 6 heteroatoms. The van der Waals surface area contributed by atoms with Gasteiger partial charge in [0.2, 0.25) is 0 Å². The molecule has 1 saturated heterocycles. The summed E-state index contributed by atoms with van der Waals surface area (Å²) in [5.74, 6) is 1.25. The standard InChI is InChI=1S/C21H24N2O4/c1-2-13-26-17-8-10-18(11-9-17)27-14-12-23-20(24)19(22-21(23)25)15-16-6-4-3-5-7-16/h3-11,19H,2,12-15H2,1H3,(H,22,25). The predicted molar refractivity (Wildman–Crippen MR) is 102 cm³/mol. The molecule has 0 radical (unpaired) electrons. The Morgan fingerprint density at radius 2 is 1.56 bits per heavy atom. The fourth-order valence-electron chi connectivity index (χ4n) is 2.88. The van der Waals surface area contributed by atoms with Gasteiger partial charge in [-0.25, -0.2) is 4.79 Å². The Hall–Kier alpha value is -3.02. The second-order valence-electron chi connectivity index (χ2n) is 6.35. The number of hydrogen-bond acceptors (Lipinski definition) is 4. The highest BCUT2D eigenvalue weighted by atomic mass is 16.5. The summed E-state index contributed by atoms with van der Waals surface area (Å²) in [7, 11) is 0. The van der Waals surface area contributed by atoms with Gasteiger partial charge in [0, 0.05) is 6.42 Å². The van der Waals surface area contributed by atoms with E-state index >= 15 is 0 Å². The number of imide groups is 1. The number of nitrogens with one attached hydrogen (secondary N) is 1. The summed E-state index contributed by atoms with van der Waals surface area (Å²) in [6.45, 7) is 3.19. The summed E-state index contributed by atoms with van der Waals surface area (Å²) in [5.41, 5.74) is 1.01. The fourth-order valence-corrected chi connectivity index (χ4v) is 2.88. The van der Waals surface area contributed by atoms with Crippen molar-refractivity contribution in [1.82, 2.24) is 10.2 Å². The first kappa shape index (κ1) is 18.8. The van der Waals surface area contributed by atoms with E-state index in [4.69, 9.17) is 9.47 Å². The Labute approximate surface area is 159 Å². The number of nitrogens with zero attached hydrogens (tertiary/aromatic N) is 1. The maximum absolute atomic E-state index is 12.5. The van der Waals surface area contributed by atoms with Gasteiger partial charge < -0.3 is 14.8 Å². The molecule has 3 amide bonds. The van der Waals surface area contributed by atoms with E-state index < -0.39 is 6.04 Å². The molecule has 3 rings (SSSR count). The third kappa shape index (κ3) is 5.00. The van der Waals surface area contributed by atoms with Crippen LogP contribution in [0.25, 0.3) is 0 Å². The lowest BCUT2D eigenvalue weighted by molar-refractivity contribution is -0.127. The lowest BCUT2D eigenvalue weighted by atomic mass is 10.1. The molecule has 1 aliphatic rings. The average Bonchev–Trinajstić information content (AvgIpc) is 2.95. The van der Waals surface area contributed by atoms with Gasteiger partial charge in [0.05, 0.1) is 13.2 Å². The molecule has 142 valence electrons. The molecule has 0 aliphatic carbocycles. The molecule has 27 heavy (non-hydrogen) atoms. The maximum Gasteiger partial charge on any atom is 0.324 e. The second kappa shape index (κ2) is 9.07. The summed E-state index contributed by atoms with van der Waals surface area (Å²) >= 11 is 0. The van der Waals surface area contributed by atoms with Crippen molar-refractivity contribution >= 4 is 11.9 Å². The molecular weight excluding hydrogens is 344 g/mol. The first-order chi connectivity index (χ1) is 13.2. The lowest BCUT2D eigenvalue weighted by Gasteiger charge is -2.14. The van der Waals surface area contributed by atoms with E-state index in [0.29, 0.717) is 18.8 Å². The molecule has 0 spiro atoms. The normalized spacial score (nSPS) is 16.3. The van der Waals surface area contributed by atoms with Gasteiger partial charge in [-0.1, -0.05) is 37.3 Å². The van der Waals surface area contributed by atoms with Gasteiger partial charge in [-0.05, 0) is 36.2 Å². The molecule has 0 saturated carbocycles. The van der Waals surface area contributed by atoms with Crippen molar-refractivity contribution in [2.45, 2.75) is 25.8 Å². The topological polar surface area (TPSA) is 67.9 Å². The van der Waals surface area contributed by atoms with Crippen LogP contribution in [0.3, 0.4) is 0 Å². The van der Waals surface area contributed by atoms with Crippen LogP contribution >= 0.6 is 0 Å². The number of urea groups is 1. The summed E-state index contributed by atoms with van der Waals surface area (Å²) in [6, 6.07) is 16.1. The first-order valence-corrected chi connectivity index (χ1v) is 9.19. The Morgan fingerprint density at radius 3 is 2.19 bits per heavy atom.